The van der Waals surface area contributed by atoms with E-state index in [1.807, 2.05) is 18.0 Å². The first-order valence-electron chi connectivity index (χ1n) is 8.80. The maximum Gasteiger partial charge on any atom is 0.223 e. The summed E-state index contributed by atoms with van der Waals surface area (Å²) in [6, 6.07) is 1.72. The van der Waals surface area contributed by atoms with E-state index in [0.29, 0.717) is 32.2 Å². The third kappa shape index (κ3) is 2.90. The molecule has 26 heavy (non-hydrogen) atoms. The Morgan fingerprint density at radius 3 is 3.00 bits per heavy atom. The molecule has 0 aliphatic carbocycles. The predicted octanol–water partition coefficient (Wildman–Crippen LogP) is 1.97. The van der Waals surface area contributed by atoms with Crippen LogP contribution < -0.4 is 0 Å². The highest BCUT2D eigenvalue weighted by Crippen LogP contribution is 2.39. The maximum atomic E-state index is 13.0. The smallest absolute Gasteiger partial charge is 0.223 e. The van der Waals surface area contributed by atoms with Crippen LogP contribution in [0.1, 0.15) is 48.8 Å². The number of fused-ring (bicyclic) bond motifs is 1. The minimum absolute atomic E-state index is 0.0854. The molecule has 0 radical (unpaired) electrons. The van der Waals surface area contributed by atoms with Crippen LogP contribution in [0, 0.1) is 12.3 Å². The fourth-order valence-corrected chi connectivity index (χ4v) is 3.62. The first-order chi connectivity index (χ1) is 12.6. The molecule has 8 heteroatoms. The number of carbonyl (C=O) groups is 1. The molecule has 1 N–H and O–H groups in total. The van der Waals surface area contributed by atoms with E-state index in [0.717, 1.165) is 23.5 Å². The van der Waals surface area contributed by atoms with Crippen molar-refractivity contribution in [2.75, 3.05) is 6.54 Å². The van der Waals surface area contributed by atoms with Gasteiger partial charge in [-0.3, -0.25) is 9.48 Å². The van der Waals surface area contributed by atoms with Gasteiger partial charge in [0.2, 0.25) is 5.91 Å². The number of nitrogens with one attached hydrogen (secondary N) is 1. The van der Waals surface area contributed by atoms with Gasteiger partial charge in [0, 0.05) is 57.6 Å². The van der Waals surface area contributed by atoms with E-state index in [1.165, 1.54) is 0 Å². The number of carbonyl (C=O) groups excluding carboxylic acids is 1. The van der Waals surface area contributed by atoms with E-state index in [2.05, 4.69) is 31.2 Å². The summed E-state index contributed by atoms with van der Waals surface area (Å²) < 4.78 is 1.80. The Morgan fingerprint density at radius 2 is 2.31 bits per heavy atom. The molecule has 0 fully saturated rings. The van der Waals surface area contributed by atoms with E-state index in [-0.39, 0.29) is 11.9 Å². The zero-order chi connectivity index (χ0) is 18.1. The Kier molecular flexibility index (Phi) is 4.07. The normalized spacial score (nSPS) is 19.8. The van der Waals surface area contributed by atoms with Gasteiger partial charge in [0.05, 0.1) is 17.7 Å². The summed E-state index contributed by atoms with van der Waals surface area (Å²) in [4.78, 5) is 22.6. The molecule has 2 aliphatic heterocycles. The van der Waals surface area contributed by atoms with Crippen LogP contribution in [0.25, 0.3) is 0 Å². The average molecular weight is 351 g/mol. The minimum Gasteiger partial charge on any atom is -0.348 e. The Morgan fingerprint density at radius 1 is 1.46 bits per heavy atom. The van der Waals surface area contributed by atoms with Gasteiger partial charge in [0.15, 0.2) is 5.66 Å². The molecule has 1 atom stereocenters. The number of nitrogens with zero attached hydrogens (tertiary/aromatic N) is 6. The second kappa shape index (κ2) is 6.41. The van der Waals surface area contributed by atoms with E-state index in [4.69, 9.17) is 6.42 Å². The number of amides is 1. The third-order valence-corrected chi connectivity index (χ3v) is 5.18. The SMILES string of the molecule is C#CCCC1(CCC(=O)N2CCc3[nH]cnc3C2c2ccnn2C)N=N1. The van der Waals surface area contributed by atoms with Crippen LogP contribution in [0.4, 0.5) is 0 Å². The fourth-order valence-electron chi connectivity index (χ4n) is 3.62. The van der Waals surface area contributed by atoms with Crippen LogP contribution >= 0.6 is 0 Å². The summed E-state index contributed by atoms with van der Waals surface area (Å²) in [7, 11) is 1.88. The number of hydrogen-bond donors (Lipinski definition) is 1. The summed E-state index contributed by atoms with van der Waals surface area (Å²) in [5, 5.41) is 12.5. The molecule has 2 aromatic heterocycles. The van der Waals surface area contributed by atoms with Crippen LogP contribution in [0.2, 0.25) is 0 Å². The standard InChI is InChI=1S/C18H21N7O/c1-3-4-8-18(22-23-18)9-5-15(26)25-11-7-13-16(20-12-19-13)17(25)14-6-10-21-24(14)2/h1,6,10,12,17H,4-5,7-9,11H2,2H3,(H,19,20). The van der Waals surface area contributed by atoms with Crippen LogP contribution in [-0.2, 0) is 18.3 Å². The van der Waals surface area contributed by atoms with Crippen molar-refractivity contribution in [1.29, 1.82) is 0 Å². The van der Waals surface area contributed by atoms with Crippen molar-refractivity contribution in [3.63, 3.8) is 0 Å². The molecule has 0 aromatic carbocycles. The molecule has 4 heterocycles. The number of aromatic nitrogens is 4. The van der Waals surface area contributed by atoms with Gasteiger partial charge in [0.25, 0.3) is 0 Å². The molecule has 4 rings (SSSR count). The second-order valence-corrected chi connectivity index (χ2v) is 6.77. The largest absolute Gasteiger partial charge is 0.348 e. The first kappa shape index (κ1) is 16.5. The third-order valence-electron chi connectivity index (χ3n) is 5.18. The monoisotopic (exact) mass is 351 g/mol. The van der Waals surface area contributed by atoms with Gasteiger partial charge in [-0.05, 0) is 6.07 Å². The molecular formula is C18H21N7O. The average Bonchev–Trinajstić information content (AvgIpc) is 3.03. The van der Waals surface area contributed by atoms with Crippen molar-refractivity contribution >= 4 is 5.91 Å². The van der Waals surface area contributed by atoms with Crippen molar-refractivity contribution in [3.05, 3.63) is 35.7 Å². The first-order valence-corrected chi connectivity index (χ1v) is 8.80. The molecule has 2 aromatic rings. The van der Waals surface area contributed by atoms with Crippen LogP contribution in [0.3, 0.4) is 0 Å². The van der Waals surface area contributed by atoms with Gasteiger partial charge < -0.3 is 9.88 Å². The van der Waals surface area contributed by atoms with Crippen molar-refractivity contribution in [2.24, 2.45) is 17.3 Å². The lowest BCUT2D eigenvalue weighted by Crippen LogP contribution is -2.41. The number of rotatable bonds is 6. The molecule has 0 bridgehead atoms. The van der Waals surface area contributed by atoms with Gasteiger partial charge in [-0.2, -0.15) is 15.3 Å². The molecule has 2 aliphatic rings. The highest BCUT2D eigenvalue weighted by atomic mass is 16.2. The lowest BCUT2D eigenvalue weighted by Gasteiger charge is -2.35. The van der Waals surface area contributed by atoms with Gasteiger partial charge in [-0.1, -0.05) is 0 Å². The number of hydrogen-bond acceptors (Lipinski definition) is 5. The topological polar surface area (TPSA) is 91.5 Å². The molecular weight excluding hydrogens is 330 g/mol. The summed E-state index contributed by atoms with van der Waals surface area (Å²) in [6.45, 7) is 0.648. The summed E-state index contributed by atoms with van der Waals surface area (Å²) >= 11 is 0. The maximum absolute atomic E-state index is 13.0. The lowest BCUT2D eigenvalue weighted by molar-refractivity contribution is -0.133. The lowest BCUT2D eigenvalue weighted by atomic mass is 9.97. The Hall–Kier alpha value is -2.95. The molecule has 1 unspecified atom stereocenters. The Bertz CT molecular complexity index is 881. The van der Waals surface area contributed by atoms with E-state index in [9.17, 15) is 4.79 Å². The predicted molar refractivity (Wildman–Crippen MR) is 93.9 cm³/mol. The Balaban J connectivity index is 1.52. The molecule has 0 saturated carbocycles. The van der Waals surface area contributed by atoms with Crippen molar-refractivity contribution in [2.45, 2.75) is 43.8 Å². The zero-order valence-electron chi connectivity index (χ0n) is 14.7. The zero-order valence-corrected chi connectivity index (χ0v) is 14.7. The highest BCUT2D eigenvalue weighted by molar-refractivity contribution is 5.77. The molecule has 1 amide bonds. The van der Waals surface area contributed by atoms with Crippen molar-refractivity contribution in [3.8, 4) is 12.3 Å². The van der Waals surface area contributed by atoms with Gasteiger partial charge in [0.1, 0.15) is 6.04 Å². The fraction of sp³-hybridized carbons (Fsp3) is 0.500. The van der Waals surface area contributed by atoms with Crippen LogP contribution in [-0.4, -0.2) is 42.8 Å². The van der Waals surface area contributed by atoms with Crippen LogP contribution in [0.5, 0.6) is 0 Å². The van der Waals surface area contributed by atoms with Gasteiger partial charge >= 0.3 is 0 Å². The van der Waals surface area contributed by atoms with E-state index < -0.39 is 5.66 Å². The number of imidazole rings is 1. The summed E-state index contributed by atoms with van der Waals surface area (Å²) in [5.74, 6) is 2.70. The van der Waals surface area contributed by atoms with E-state index in [1.54, 1.807) is 17.2 Å². The molecule has 8 nitrogen and oxygen atoms in total. The van der Waals surface area contributed by atoms with Crippen molar-refractivity contribution < 1.29 is 4.79 Å². The van der Waals surface area contributed by atoms with Crippen molar-refractivity contribution in [1.82, 2.24) is 24.6 Å². The van der Waals surface area contributed by atoms with Gasteiger partial charge in [-0.25, -0.2) is 4.98 Å². The number of terminal acetylenes is 1. The summed E-state index contributed by atoms with van der Waals surface area (Å²) in [6.07, 6.45) is 11.9. The number of H-pyrrole nitrogens is 1. The number of aryl methyl sites for hydroxylation is 1. The molecule has 134 valence electrons. The number of aromatic amines is 1. The van der Waals surface area contributed by atoms with Crippen LogP contribution in [0.15, 0.2) is 28.8 Å². The Labute approximate surface area is 151 Å². The second-order valence-electron chi connectivity index (χ2n) is 6.77. The quantitative estimate of drug-likeness (QED) is 0.807. The minimum atomic E-state index is -0.433. The van der Waals surface area contributed by atoms with Gasteiger partial charge in [-0.15, -0.1) is 12.3 Å². The molecule has 0 saturated heterocycles. The van der Waals surface area contributed by atoms with E-state index >= 15 is 0 Å². The highest BCUT2D eigenvalue weighted by Gasteiger charge is 2.41. The summed E-state index contributed by atoms with van der Waals surface area (Å²) in [5.41, 5.74) is 2.50. The molecule has 0 spiro atoms.